The minimum absolute atomic E-state index is 0.0822. The van der Waals surface area contributed by atoms with Gasteiger partial charge in [-0.05, 0) is 48.4 Å². The van der Waals surface area contributed by atoms with E-state index in [1.54, 1.807) is 31.0 Å². The fourth-order valence-electron chi connectivity index (χ4n) is 3.52. The third kappa shape index (κ3) is 4.35. The molecule has 1 aliphatic rings. The van der Waals surface area contributed by atoms with Gasteiger partial charge in [0, 0.05) is 34.3 Å². The summed E-state index contributed by atoms with van der Waals surface area (Å²) in [6.07, 6.45) is 3.20. The van der Waals surface area contributed by atoms with Crippen molar-refractivity contribution in [3.63, 3.8) is 0 Å². The normalized spacial score (nSPS) is 15.1. The molecule has 162 valence electrons. The van der Waals surface area contributed by atoms with E-state index >= 15 is 0 Å². The van der Waals surface area contributed by atoms with Crippen LogP contribution in [-0.4, -0.2) is 40.7 Å². The highest BCUT2D eigenvalue weighted by molar-refractivity contribution is 6.35. The van der Waals surface area contributed by atoms with Crippen LogP contribution in [0.2, 0.25) is 10.0 Å². The van der Waals surface area contributed by atoms with Gasteiger partial charge in [0.15, 0.2) is 17.3 Å². The summed E-state index contributed by atoms with van der Waals surface area (Å²) in [5.74, 6) is 2.51. The number of nitrogens with zero attached hydrogens (tertiary/aromatic N) is 3. The first-order valence-electron chi connectivity index (χ1n) is 9.76. The molecule has 0 spiro atoms. The second kappa shape index (κ2) is 9.18. The standard InChI is InChI=1S/C22H22Cl2N4O3/c1-30-19-8-5-13(10-20(19)31-2)17-12-18(15-7-6-14(23)11-16(15)24)28-22(25-17)26-21(27-28)4-3-9-29/h5-8,10-12,18,29H,3-4,9H2,1-2H3,(H,25,26,27). The Bertz CT molecular complexity index is 1130. The molecule has 31 heavy (non-hydrogen) atoms. The first-order valence-corrected chi connectivity index (χ1v) is 10.5. The summed E-state index contributed by atoms with van der Waals surface area (Å²) in [7, 11) is 3.20. The van der Waals surface area contributed by atoms with Crippen molar-refractivity contribution in [2.75, 3.05) is 26.1 Å². The van der Waals surface area contributed by atoms with Crippen molar-refractivity contribution in [2.24, 2.45) is 0 Å². The van der Waals surface area contributed by atoms with Crippen molar-refractivity contribution in [2.45, 2.75) is 18.9 Å². The van der Waals surface area contributed by atoms with Crippen molar-refractivity contribution in [1.82, 2.24) is 14.8 Å². The number of ether oxygens (including phenoxy) is 2. The summed E-state index contributed by atoms with van der Waals surface area (Å²) in [5.41, 5.74) is 2.59. The van der Waals surface area contributed by atoms with Gasteiger partial charge in [0.2, 0.25) is 5.95 Å². The number of fused-ring (bicyclic) bond motifs is 1. The minimum atomic E-state index is -0.292. The molecule has 1 atom stereocenters. The molecule has 4 rings (SSSR count). The molecule has 1 aliphatic heterocycles. The number of aliphatic hydroxyl groups excluding tert-OH is 1. The molecule has 0 bridgehead atoms. The van der Waals surface area contributed by atoms with E-state index in [-0.39, 0.29) is 12.6 Å². The lowest BCUT2D eigenvalue weighted by Crippen LogP contribution is -2.20. The van der Waals surface area contributed by atoms with Gasteiger partial charge >= 0.3 is 0 Å². The quantitative estimate of drug-likeness (QED) is 0.536. The molecule has 3 aromatic rings. The summed E-state index contributed by atoms with van der Waals surface area (Å²) in [4.78, 5) is 4.63. The molecule has 0 radical (unpaired) electrons. The average molecular weight is 461 g/mol. The van der Waals surface area contributed by atoms with E-state index in [2.05, 4.69) is 15.4 Å². The number of nitrogens with one attached hydrogen (secondary N) is 1. The second-order valence-corrected chi connectivity index (χ2v) is 7.85. The molecular weight excluding hydrogens is 439 g/mol. The Morgan fingerprint density at radius 2 is 1.90 bits per heavy atom. The number of allylic oxidation sites excluding steroid dienone is 1. The lowest BCUT2D eigenvalue weighted by molar-refractivity contribution is 0.287. The number of rotatable bonds is 7. The zero-order chi connectivity index (χ0) is 22.0. The Morgan fingerprint density at radius 3 is 2.61 bits per heavy atom. The van der Waals surface area contributed by atoms with Crippen LogP contribution in [0.1, 0.15) is 29.4 Å². The van der Waals surface area contributed by atoms with Gasteiger partial charge in [0.1, 0.15) is 6.04 Å². The minimum Gasteiger partial charge on any atom is -0.493 e. The predicted octanol–water partition coefficient (Wildman–Crippen LogP) is 4.58. The summed E-state index contributed by atoms with van der Waals surface area (Å²) in [6, 6.07) is 10.8. The Kier molecular flexibility index (Phi) is 6.36. The molecule has 0 aliphatic carbocycles. The molecule has 2 aromatic carbocycles. The monoisotopic (exact) mass is 460 g/mol. The van der Waals surface area contributed by atoms with Gasteiger partial charge in [-0.1, -0.05) is 29.3 Å². The van der Waals surface area contributed by atoms with E-state index in [9.17, 15) is 0 Å². The van der Waals surface area contributed by atoms with Crippen molar-refractivity contribution < 1.29 is 14.6 Å². The molecule has 2 heterocycles. The maximum absolute atomic E-state index is 9.17. The highest BCUT2D eigenvalue weighted by atomic mass is 35.5. The molecule has 0 fully saturated rings. The average Bonchev–Trinajstić information content (AvgIpc) is 3.19. The summed E-state index contributed by atoms with van der Waals surface area (Å²) in [6.45, 7) is 0.0822. The van der Waals surface area contributed by atoms with Crippen LogP contribution in [-0.2, 0) is 6.42 Å². The maximum Gasteiger partial charge on any atom is 0.226 e. The zero-order valence-electron chi connectivity index (χ0n) is 17.1. The number of halogens is 2. The van der Waals surface area contributed by atoms with E-state index in [4.69, 9.17) is 37.8 Å². The number of aromatic nitrogens is 3. The number of aryl methyl sites for hydroxylation is 1. The summed E-state index contributed by atoms with van der Waals surface area (Å²) < 4.78 is 12.6. The molecule has 2 N–H and O–H groups in total. The molecule has 0 amide bonds. The van der Waals surface area contributed by atoms with Crippen LogP contribution < -0.4 is 14.8 Å². The molecular formula is C22H22Cl2N4O3. The smallest absolute Gasteiger partial charge is 0.226 e. The Labute approximate surface area is 190 Å². The van der Waals surface area contributed by atoms with Gasteiger partial charge in [-0.3, -0.25) is 0 Å². The van der Waals surface area contributed by atoms with E-state index in [0.717, 1.165) is 16.8 Å². The van der Waals surface area contributed by atoms with Crippen molar-refractivity contribution in [1.29, 1.82) is 0 Å². The highest BCUT2D eigenvalue weighted by Crippen LogP contribution is 2.38. The second-order valence-electron chi connectivity index (χ2n) is 7.01. The summed E-state index contributed by atoms with van der Waals surface area (Å²) in [5, 5.41) is 18.3. The van der Waals surface area contributed by atoms with Gasteiger partial charge < -0.3 is 19.9 Å². The number of hydrogen-bond acceptors (Lipinski definition) is 6. The fourth-order valence-corrected chi connectivity index (χ4v) is 4.04. The third-order valence-electron chi connectivity index (χ3n) is 5.04. The van der Waals surface area contributed by atoms with Crippen molar-refractivity contribution in [3.05, 3.63) is 69.5 Å². The van der Waals surface area contributed by atoms with Gasteiger partial charge in [-0.15, -0.1) is 0 Å². The lowest BCUT2D eigenvalue weighted by Gasteiger charge is -2.25. The number of anilines is 1. The first kappa shape index (κ1) is 21.5. The fraction of sp³-hybridized carbons (Fsp3) is 0.273. The topological polar surface area (TPSA) is 81.4 Å². The van der Waals surface area contributed by atoms with Crippen LogP contribution in [0.15, 0.2) is 42.5 Å². The highest BCUT2D eigenvalue weighted by Gasteiger charge is 2.27. The lowest BCUT2D eigenvalue weighted by atomic mass is 10.0. The Balaban J connectivity index is 1.80. The molecule has 0 saturated carbocycles. The van der Waals surface area contributed by atoms with Crippen LogP contribution in [0.25, 0.3) is 5.70 Å². The van der Waals surface area contributed by atoms with Crippen LogP contribution in [0.3, 0.4) is 0 Å². The number of methoxy groups -OCH3 is 2. The first-order chi connectivity index (χ1) is 15.0. The van der Waals surface area contributed by atoms with Crippen LogP contribution in [0.4, 0.5) is 5.95 Å². The molecule has 7 nitrogen and oxygen atoms in total. The largest absolute Gasteiger partial charge is 0.493 e. The van der Waals surface area contributed by atoms with E-state index in [1.165, 1.54) is 0 Å². The van der Waals surface area contributed by atoms with E-state index < -0.39 is 0 Å². The van der Waals surface area contributed by atoms with Crippen molar-refractivity contribution in [3.8, 4) is 11.5 Å². The van der Waals surface area contributed by atoms with Crippen LogP contribution in [0.5, 0.6) is 11.5 Å². The number of aliphatic hydroxyl groups is 1. The maximum atomic E-state index is 9.17. The molecule has 9 heteroatoms. The molecule has 1 unspecified atom stereocenters. The number of benzene rings is 2. The number of hydrogen-bond donors (Lipinski definition) is 2. The van der Waals surface area contributed by atoms with Crippen molar-refractivity contribution >= 4 is 34.8 Å². The van der Waals surface area contributed by atoms with Crippen LogP contribution in [0, 0.1) is 0 Å². The molecule has 0 saturated heterocycles. The van der Waals surface area contributed by atoms with E-state index in [1.807, 2.05) is 30.3 Å². The van der Waals surface area contributed by atoms with Crippen LogP contribution >= 0.6 is 23.2 Å². The Hall–Kier alpha value is -2.74. The van der Waals surface area contributed by atoms with Gasteiger partial charge in [-0.25, -0.2) is 4.68 Å². The predicted molar refractivity (Wildman–Crippen MR) is 121 cm³/mol. The SMILES string of the molecule is COc1ccc(C2=CC(c3ccc(Cl)cc3Cl)n3nc(CCCO)nc3N2)cc1OC. The molecule has 1 aromatic heterocycles. The third-order valence-corrected chi connectivity index (χ3v) is 5.61. The Morgan fingerprint density at radius 1 is 1.10 bits per heavy atom. The van der Waals surface area contributed by atoms with E-state index in [0.29, 0.717) is 46.2 Å². The van der Waals surface area contributed by atoms with Gasteiger partial charge in [-0.2, -0.15) is 10.1 Å². The summed E-state index contributed by atoms with van der Waals surface area (Å²) >= 11 is 12.6. The van der Waals surface area contributed by atoms with Gasteiger partial charge in [0.05, 0.1) is 14.2 Å². The van der Waals surface area contributed by atoms with Gasteiger partial charge in [0.25, 0.3) is 0 Å². The zero-order valence-corrected chi connectivity index (χ0v) is 18.6.